The number of carbonyl (C=O) groups is 1. The molecule has 0 aliphatic carbocycles. The van der Waals surface area contributed by atoms with Crippen LogP contribution in [0.5, 0.6) is 0 Å². The van der Waals surface area contributed by atoms with Crippen molar-refractivity contribution in [3.05, 3.63) is 6.33 Å². The SMILES string of the molecule is O=C(C1CNNC1n1cnnn1)N1CCCOC(CN2CCCCC2)C1. The molecule has 26 heavy (non-hydrogen) atoms. The highest BCUT2D eigenvalue weighted by molar-refractivity contribution is 5.80. The molecule has 0 aromatic carbocycles. The third-order valence-corrected chi connectivity index (χ3v) is 5.49. The molecule has 0 bridgehead atoms. The second kappa shape index (κ2) is 8.38. The Balaban J connectivity index is 1.39. The molecule has 3 saturated heterocycles. The Morgan fingerprint density at radius 2 is 2.08 bits per heavy atom. The molecule has 4 rings (SSSR count). The Morgan fingerprint density at radius 3 is 2.88 bits per heavy atom. The summed E-state index contributed by atoms with van der Waals surface area (Å²) in [6.45, 7) is 5.90. The van der Waals surface area contributed by atoms with E-state index in [1.165, 1.54) is 25.6 Å². The number of hydrogen-bond acceptors (Lipinski definition) is 8. The molecule has 3 fully saturated rings. The maximum atomic E-state index is 13.2. The number of piperidine rings is 1. The number of likely N-dealkylation sites (tertiary alicyclic amines) is 1. The minimum Gasteiger partial charge on any atom is -0.375 e. The summed E-state index contributed by atoms with van der Waals surface area (Å²) < 4.78 is 7.64. The summed E-state index contributed by atoms with van der Waals surface area (Å²) in [6, 6.07) is 0. The molecule has 1 aromatic rings. The van der Waals surface area contributed by atoms with E-state index in [-0.39, 0.29) is 24.1 Å². The summed E-state index contributed by atoms with van der Waals surface area (Å²) in [7, 11) is 0. The first-order valence-electron chi connectivity index (χ1n) is 9.65. The van der Waals surface area contributed by atoms with Crippen molar-refractivity contribution in [1.29, 1.82) is 0 Å². The number of tetrazole rings is 1. The topological polar surface area (TPSA) is 100 Å². The van der Waals surface area contributed by atoms with Crippen LogP contribution in [0.15, 0.2) is 6.33 Å². The summed E-state index contributed by atoms with van der Waals surface area (Å²) in [6.07, 6.45) is 6.11. The van der Waals surface area contributed by atoms with E-state index in [2.05, 4.69) is 31.3 Å². The van der Waals surface area contributed by atoms with Crippen LogP contribution in [0.25, 0.3) is 0 Å². The standard InChI is InChI=1S/C16H28N8O2/c25-16(14-9-17-19-15(14)24-12-18-20-21-24)23-7-4-8-26-13(11-23)10-22-5-2-1-3-6-22/h12-15,17,19H,1-11H2. The van der Waals surface area contributed by atoms with Gasteiger partial charge >= 0.3 is 0 Å². The van der Waals surface area contributed by atoms with Gasteiger partial charge in [-0.15, -0.1) is 5.10 Å². The monoisotopic (exact) mass is 364 g/mol. The average molecular weight is 364 g/mol. The Hall–Kier alpha value is -1.62. The number of hydrogen-bond donors (Lipinski definition) is 2. The predicted octanol–water partition coefficient (Wildman–Crippen LogP) is -1.00. The van der Waals surface area contributed by atoms with Crippen molar-refractivity contribution in [2.24, 2.45) is 5.92 Å². The van der Waals surface area contributed by atoms with Crippen molar-refractivity contribution in [2.75, 3.05) is 45.9 Å². The van der Waals surface area contributed by atoms with E-state index in [1.54, 1.807) is 4.68 Å². The molecule has 1 aromatic heterocycles. The van der Waals surface area contributed by atoms with Crippen LogP contribution in [0.4, 0.5) is 0 Å². The van der Waals surface area contributed by atoms with Crippen molar-refractivity contribution >= 4 is 5.91 Å². The molecule has 3 atom stereocenters. The van der Waals surface area contributed by atoms with Crippen LogP contribution in [0.2, 0.25) is 0 Å². The average Bonchev–Trinajstić information content (AvgIpc) is 3.31. The van der Waals surface area contributed by atoms with Gasteiger partial charge in [0, 0.05) is 32.8 Å². The second-order valence-electron chi connectivity index (χ2n) is 7.36. The van der Waals surface area contributed by atoms with Crippen LogP contribution >= 0.6 is 0 Å². The molecule has 3 aliphatic heterocycles. The first kappa shape index (κ1) is 17.8. The quantitative estimate of drug-likeness (QED) is 0.702. The fraction of sp³-hybridized carbons (Fsp3) is 0.875. The number of carbonyl (C=O) groups excluding carboxylic acids is 1. The normalized spacial score (nSPS) is 31.1. The molecule has 3 unspecified atom stereocenters. The van der Waals surface area contributed by atoms with Gasteiger partial charge in [0.05, 0.1) is 12.0 Å². The summed E-state index contributed by atoms with van der Waals surface area (Å²) >= 11 is 0. The van der Waals surface area contributed by atoms with Gasteiger partial charge in [-0.05, 0) is 42.8 Å². The van der Waals surface area contributed by atoms with E-state index in [4.69, 9.17) is 4.74 Å². The molecule has 0 spiro atoms. The van der Waals surface area contributed by atoms with Gasteiger partial charge in [0.1, 0.15) is 12.5 Å². The van der Waals surface area contributed by atoms with Crippen molar-refractivity contribution in [2.45, 2.75) is 38.0 Å². The first-order chi connectivity index (χ1) is 12.8. The van der Waals surface area contributed by atoms with Crippen LogP contribution in [0.3, 0.4) is 0 Å². The van der Waals surface area contributed by atoms with E-state index in [1.807, 2.05) is 4.90 Å². The molecular weight excluding hydrogens is 336 g/mol. The van der Waals surface area contributed by atoms with E-state index in [9.17, 15) is 4.79 Å². The van der Waals surface area contributed by atoms with Gasteiger partial charge < -0.3 is 14.5 Å². The van der Waals surface area contributed by atoms with Crippen LogP contribution in [-0.4, -0.2) is 87.9 Å². The largest absolute Gasteiger partial charge is 0.375 e. The highest BCUT2D eigenvalue weighted by atomic mass is 16.5. The summed E-state index contributed by atoms with van der Waals surface area (Å²) in [5.41, 5.74) is 6.17. The zero-order valence-corrected chi connectivity index (χ0v) is 15.1. The van der Waals surface area contributed by atoms with Gasteiger partial charge in [-0.3, -0.25) is 10.2 Å². The van der Waals surface area contributed by atoms with Gasteiger partial charge in [0.15, 0.2) is 0 Å². The second-order valence-corrected chi connectivity index (χ2v) is 7.36. The van der Waals surface area contributed by atoms with Crippen molar-refractivity contribution in [3.63, 3.8) is 0 Å². The van der Waals surface area contributed by atoms with Gasteiger partial charge in [-0.25, -0.2) is 10.1 Å². The zero-order valence-electron chi connectivity index (χ0n) is 15.1. The van der Waals surface area contributed by atoms with Crippen LogP contribution in [0, 0.1) is 5.92 Å². The highest BCUT2D eigenvalue weighted by Crippen LogP contribution is 2.21. The van der Waals surface area contributed by atoms with E-state index in [0.717, 1.165) is 39.2 Å². The number of rotatable bonds is 4. The van der Waals surface area contributed by atoms with Crippen molar-refractivity contribution in [3.8, 4) is 0 Å². The Labute approximate surface area is 153 Å². The van der Waals surface area contributed by atoms with Crippen LogP contribution in [0.1, 0.15) is 31.8 Å². The molecule has 10 nitrogen and oxygen atoms in total. The zero-order chi connectivity index (χ0) is 17.8. The number of nitrogens with zero attached hydrogens (tertiary/aromatic N) is 6. The minimum atomic E-state index is -0.262. The fourth-order valence-electron chi connectivity index (χ4n) is 4.12. The van der Waals surface area contributed by atoms with E-state index >= 15 is 0 Å². The number of hydrazine groups is 1. The van der Waals surface area contributed by atoms with Crippen molar-refractivity contribution < 1.29 is 9.53 Å². The summed E-state index contributed by atoms with van der Waals surface area (Å²) in [5, 5.41) is 11.3. The smallest absolute Gasteiger partial charge is 0.230 e. The Kier molecular flexibility index (Phi) is 5.73. The van der Waals surface area contributed by atoms with E-state index < -0.39 is 0 Å². The van der Waals surface area contributed by atoms with E-state index in [0.29, 0.717) is 13.1 Å². The number of aromatic nitrogens is 4. The number of nitrogens with one attached hydrogen (secondary N) is 2. The summed E-state index contributed by atoms with van der Waals surface area (Å²) in [4.78, 5) is 17.6. The van der Waals surface area contributed by atoms with Gasteiger partial charge in [0.25, 0.3) is 0 Å². The lowest BCUT2D eigenvalue weighted by Crippen LogP contribution is -2.46. The third kappa shape index (κ3) is 4.03. The highest BCUT2D eigenvalue weighted by Gasteiger charge is 2.38. The van der Waals surface area contributed by atoms with Gasteiger partial charge in [-0.1, -0.05) is 6.42 Å². The van der Waals surface area contributed by atoms with Crippen LogP contribution < -0.4 is 10.9 Å². The van der Waals surface area contributed by atoms with Gasteiger partial charge in [0.2, 0.25) is 5.91 Å². The lowest BCUT2D eigenvalue weighted by Gasteiger charge is -2.32. The molecule has 1 amide bonds. The predicted molar refractivity (Wildman–Crippen MR) is 92.7 cm³/mol. The Bertz CT molecular complexity index is 577. The first-order valence-corrected chi connectivity index (χ1v) is 9.65. The number of ether oxygens (including phenoxy) is 1. The minimum absolute atomic E-state index is 0.0911. The molecule has 144 valence electrons. The van der Waals surface area contributed by atoms with Gasteiger partial charge in [-0.2, -0.15) is 0 Å². The number of amides is 1. The lowest BCUT2D eigenvalue weighted by atomic mass is 10.1. The molecule has 4 heterocycles. The summed E-state index contributed by atoms with van der Waals surface area (Å²) in [5.74, 6) is -0.0932. The Morgan fingerprint density at radius 1 is 1.19 bits per heavy atom. The molecule has 3 aliphatic rings. The molecule has 0 saturated carbocycles. The lowest BCUT2D eigenvalue weighted by molar-refractivity contribution is -0.137. The van der Waals surface area contributed by atoms with Crippen molar-refractivity contribution in [1.82, 2.24) is 40.9 Å². The molecule has 10 heteroatoms. The third-order valence-electron chi connectivity index (χ3n) is 5.49. The maximum absolute atomic E-state index is 13.2. The maximum Gasteiger partial charge on any atom is 0.230 e. The molecular formula is C16H28N8O2. The molecule has 0 radical (unpaired) electrons. The molecule has 2 N–H and O–H groups in total. The van der Waals surface area contributed by atoms with Crippen LogP contribution in [-0.2, 0) is 9.53 Å². The fourth-order valence-corrected chi connectivity index (χ4v) is 4.12.